The fourth-order valence-electron chi connectivity index (χ4n) is 1.54. The molecule has 0 heterocycles. The van der Waals surface area contributed by atoms with Crippen LogP contribution in [0, 0.1) is 18.7 Å². The molecule has 1 aromatic rings. The predicted octanol–water partition coefficient (Wildman–Crippen LogP) is 3.27. The summed E-state index contributed by atoms with van der Waals surface area (Å²) in [6.45, 7) is 8.07. The predicted molar refractivity (Wildman–Crippen MR) is 62.3 cm³/mol. The van der Waals surface area contributed by atoms with Crippen LogP contribution in [0.2, 0.25) is 0 Å². The molecule has 0 atom stereocenters. The largest absolute Gasteiger partial charge is 0.313 e. The lowest BCUT2D eigenvalue weighted by Crippen LogP contribution is -2.16. The molecule has 1 rings (SSSR count). The minimum atomic E-state index is -0.143. The third kappa shape index (κ3) is 4.93. The number of benzene rings is 1. The fraction of sp³-hybridized carbons (Fsp3) is 0.538. The Balaban J connectivity index is 2.37. The third-order valence-electron chi connectivity index (χ3n) is 2.33. The van der Waals surface area contributed by atoms with Gasteiger partial charge in [-0.25, -0.2) is 4.39 Å². The molecule has 0 aliphatic carbocycles. The molecule has 0 unspecified atom stereocenters. The van der Waals surface area contributed by atoms with Crippen molar-refractivity contribution in [1.29, 1.82) is 0 Å². The molecule has 1 N–H and O–H groups in total. The van der Waals surface area contributed by atoms with Crippen molar-refractivity contribution in [1.82, 2.24) is 5.32 Å². The van der Waals surface area contributed by atoms with Gasteiger partial charge in [0.15, 0.2) is 0 Å². The fourth-order valence-corrected chi connectivity index (χ4v) is 1.54. The van der Waals surface area contributed by atoms with Crippen LogP contribution >= 0.6 is 0 Å². The van der Waals surface area contributed by atoms with Crippen LogP contribution in [-0.4, -0.2) is 6.54 Å². The Bertz CT molecular complexity index is 287. The monoisotopic (exact) mass is 209 g/mol. The van der Waals surface area contributed by atoms with Crippen LogP contribution in [0.1, 0.15) is 31.4 Å². The maximum absolute atomic E-state index is 13.0. The molecule has 0 radical (unpaired) electrons. The van der Waals surface area contributed by atoms with Gasteiger partial charge < -0.3 is 5.32 Å². The summed E-state index contributed by atoms with van der Waals surface area (Å²) in [5.41, 5.74) is 2.01. The number of halogens is 1. The molecule has 84 valence electrons. The smallest absolute Gasteiger partial charge is 0.123 e. The quantitative estimate of drug-likeness (QED) is 0.734. The molecular formula is C13H20FN. The zero-order chi connectivity index (χ0) is 11.3. The highest BCUT2D eigenvalue weighted by molar-refractivity contribution is 5.23. The van der Waals surface area contributed by atoms with E-state index in [1.165, 1.54) is 0 Å². The van der Waals surface area contributed by atoms with Crippen molar-refractivity contribution in [3.8, 4) is 0 Å². The van der Waals surface area contributed by atoms with Gasteiger partial charge in [-0.15, -0.1) is 0 Å². The molecule has 0 aliphatic heterocycles. The summed E-state index contributed by atoms with van der Waals surface area (Å²) in [6.07, 6.45) is 1.16. The lowest BCUT2D eigenvalue weighted by molar-refractivity contribution is 0.536. The van der Waals surface area contributed by atoms with Gasteiger partial charge >= 0.3 is 0 Å². The van der Waals surface area contributed by atoms with E-state index in [1.807, 2.05) is 13.0 Å². The topological polar surface area (TPSA) is 12.0 Å². The summed E-state index contributed by atoms with van der Waals surface area (Å²) in [4.78, 5) is 0. The molecule has 15 heavy (non-hydrogen) atoms. The van der Waals surface area contributed by atoms with Crippen LogP contribution in [0.4, 0.5) is 4.39 Å². The molecule has 0 fully saturated rings. The van der Waals surface area contributed by atoms with Crippen LogP contribution in [0.5, 0.6) is 0 Å². The van der Waals surface area contributed by atoms with E-state index in [0.717, 1.165) is 30.6 Å². The summed E-state index contributed by atoms with van der Waals surface area (Å²) in [5, 5.41) is 3.32. The minimum Gasteiger partial charge on any atom is -0.313 e. The van der Waals surface area contributed by atoms with E-state index >= 15 is 0 Å². The van der Waals surface area contributed by atoms with E-state index < -0.39 is 0 Å². The van der Waals surface area contributed by atoms with Crippen LogP contribution < -0.4 is 5.32 Å². The Morgan fingerprint density at radius 3 is 2.60 bits per heavy atom. The molecule has 0 aromatic heterocycles. The SMILES string of the molecule is Cc1cc(F)cc(CNCCC(C)C)c1. The first-order valence-corrected chi connectivity index (χ1v) is 5.54. The second kappa shape index (κ2) is 5.86. The van der Waals surface area contributed by atoms with Gasteiger partial charge in [0.05, 0.1) is 0 Å². The number of hydrogen-bond acceptors (Lipinski definition) is 1. The Morgan fingerprint density at radius 1 is 1.27 bits per heavy atom. The second-order valence-electron chi connectivity index (χ2n) is 4.50. The van der Waals surface area contributed by atoms with Crippen molar-refractivity contribution >= 4 is 0 Å². The van der Waals surface area contributed by atoms with Gasteiger partial charge in [-0.2, -0.15) is 0 Å². The van der Waals surface area contributed by atoms with E-state index in [4.69, 9.17) is 0 Å². The van der Waals surface area contributed by atoms with Crippen LogP contribution in [0.3, 0.4) is 0 Å². The summed E-state index contributed by atoms with van der Waals surface area (Å²) >= 11 is 0. The van der Waals surface area contributed by atoms with Crippen molar-refractivity contribution in [3.63, 3.8) is 0 Å². The zero-order valence-corrected chi connectivity index (χ0v) is 9.81. The van der Waals surface area contributed by atoms with E-state index in [1.54, 1.807) is 12.1 Å². The summed E-state index contributed by atoms with van der Waals surface area (Å²) in [5.74, 6) is 0.572. The third-order valence-corrected chi connectivity index (χ3v) is 2.33. The maximum Gasteiger partial charge on any atom is 0.123 e. The van der Waals surface area contributed by atoms with E-state index in [0.29, 0.717) is 5.92 Å². The summed E-state index contributed by atoms with van der Waals surface area (Å²) in [7, 11) is 0. The zero-order valence-electron chi connectivity index (χ0n) is 9.81. The molecule has 2 heteroatoms. The molecule has 0 saturated carbocycles. The molecule has 0 spiro atoms. The van der Waals surface area contributed by atoms with E-state index in [9.17, 15) is 4.39 Å². The highest BCUT2D eigenvalue weighted by Crippen LogP contribution is 2.08. The maximum atomic E-state index is 13.0. The Labute approximate surface area is 91.7 Å². The van der Waals surface area contributed by atoms with Crippen molar-refractivity contribution in [2.45, 2.75) is 33.7 Å². The first kappa shape index (κ1) is 12.2. The number of hydrogen-bond donors (Lipinski definition) is 1. The first-order valence-electron chi connectivity index (χ1n) is 5.54. The summed E-state index contributed by atoms with van der Waals surface area (Å²) in [6, 6.07) is 5.17. The molecule has 0 saturated heterocycles. The lowest BCUT2D eigenvalue weighted by atomic mass is 10.1. The molecule has 1 nitrogen and oxygen atoms in total. The highest BCUT2D eigenvalue weighted by atomic mass is 19.1. The van der Waals surface area contributed by atoms with Crippen molar-refractivity contribution in [2.24, 2.45) is 5.92 Å². The van der Waals surface area contributed by atoms with Gasteiger partial charge in [-0.3, -0.25) is 0 Å². The molecule has 0 amide bonds. The van der Waals surface area contributed by atoms with E-state index in [-0.39, 0.29) is 5.82 Å². The second-order valence-corrected chi connectivity index (χ2v) is 4.50. The molecule has 0 bridgehead atoms. The standard InChI is InChI=1S/C13H20FN/c1-10(2)4-5-15-9-12-6-11(3)7-13(14)8-12/h6-8,10,15H,4-5,9H2,1-3H3. The normalized spacial score (nSPS) is 11.0. The van der Waals surface area contributed by atoms with Crippen molar-refractivity contribution in [3.05, 3.63) is 35.1 Å². The van der Waals surface area contributed by atoms with Gasteiger partial charge in [0.1, 0.15) is 5.82 Å². The average Bonchev–Trinajstić information content (AvgIpc) is 2.10. The van der Waals surface area contributed by atoms with Gasteiger partial charge in [0, 0.05) is 6.54 Å². The van der Waals surface area contributed by atoms with Gasteiger partial charge in [0.2, 0.25) is 0 Å². The molecular weight excluding hydrogens is 189 g/mol. The lowest BCUT2D eigenvalue weighted by Gasteiger charge is -2.07. The minimum absolute atomic E-state index is 0.143. The van der Waals surface area contributed by atoms with Gasteiger partial charge in [-0.05, 0) is 49.1 Å². The molecule has 1 aromatic carbocycles. The Morgan fingerprint density at radius 2 is 2.00 bits per heavy atom. The number of nitrogens with one attached hydrogen (secondary N) is 1. The molecule has 0 aliphatic rings. The average molecular weight is 209 g/mol. The van der Waals surface area contributed by atoms with E-state index in [2.05, 4.69) is 19.2 Å². The van der Waals surface area contributed by atoms with Gasteiger partial charge in [-0.1, -0.05) is 19.9 Å². The van der Waals surface area contributed by atoms with Gasteiger partial charge in [0.25, 0.3) is 0 Å². The van der Waals surface area contributed by atoms with Crippen molar-refractivity contribution in [2.75, 3.05) is 6.54 Å². The Hall–Kier alpha value is -0.890. The van der Waals surface area contributed by atoms with Crippen LogP contribution in [0.25, 0.3) is 0 Å². The summed E-state index contributed by atoms with van der Waals surface area (Å²) < 4.78 is 13.0. The highest BCUT2D eigenvalue weighted by Gasteiger charge is 1.98. The van der Waals surface area contributed by atoms with Crippen molar-refractivity contribution < 1.29 is 4.39 Å². The number of aryl methyl sites for hydroxylation is 1. The first-order chi connectivity index (χ1) is 7.08. The Kier molecular flexibility index (Phi) is 4.76. The number of rotatable bonds is 5. The van der Waals surface area contributed by atoms with Crippen LogP contribution in [-0.2, 0) is 6.54 Å². The van der Waals surface area contributed by atoms with Crippen LogP contribution in [0.15, 0.2) is 18.2 Å².